The number of nitrogens with one attached hydrogen (secondary N) is 1. The molecule has 1 atom stereocenters. The number of anilines is 1. The van der Waals surface area contributed by atoms with E-state index in [0.717, 1.165) is 13.1 Å². The van der Waals surface area contributed by atoms with Crippen LogP contribution in [0.1, 0.15) is 19.8 Å². The van der Waals surface area contributed by atoms with Gasteiger partial charge in [0.1, 0.15) is 0 Å². The molecule has 0 saturated carbocycles. The standard InChI is InChI=1S/C13H19ClFN3/c1-10(9-18-4-2-3-5-18)7-16-13-12(15)6-11(14)8-17-13/h6,8,10H,2-5,7,9H2,1H3,(H,16,17). The Morgan fingerprint density at radius 1 is 1.50 bits per heavy atom. The molecule has 1 saturated heterocycles. The van der Waals surface area contributed by atoms with Gasteiger partial charge in [-0.1, -0.05) is 18.5 Å². The zero-order valence-electron chi connectivity index (χ0n) is 10.6. The first kappa shape index (κ1) is 13.6. The number of pyridine rings is 1. The molecule has 100 valence electrons. The number of aromatic nitrogens is 1. The lowest BCUT2D eigenvalue weighted by Crippen LogP contribution is -2.29. The Bertz CT molecular complexity index is 394. The highest BCUT2D eigenvalue weighted by atomic mass is 35.5. The molecule has 1 aliphatic rings. The molecule has 2 heterocycles. The average molecular weight is 272 g/mol. The third-order valence-electron chi connectivity index (χ3n) is 3.19. The summed E-state index contributed by atoms with van der Waals surface area (Å²) in [5.74, 6) is 0.364. The monoisotopic (exact) mass is 271 g/mol. The lowest BCUT2D eigenvalue weighted by Gasteiger charge is -2.20. The van der Waals surface area contributed by atoms with Crippen LogP contribution in [0.3, 0.4) is 0 Å². The molecule has 2 rings (SSSR count). The van der Waals surface area contributed by atoms with Gasteiger partial charge in [0.2, 0.25) is 0 Å². The predicted octanol–water partition coefficient (Wildman–Crippen LogP) is 3.02. The van der Waals surface area contributed by atoms with E-state index in [1.54, 1.807) is 0 Å². The number of hydrogen-bond acceptors (Lipinski definition) is 3. The molecular formula is C13H19ClFN3. The Morgan fingerprint density at radius 2 is 2.22 bits per heavy atom. The van der Waals surface area contributed by atoms with Crippen molar-refractivity contribution in [3.63, 3.8) is 0 Å². The van der Waals surface area contributed by atoms with Crippen LogP contribution in [0.15, 0.2) is 12.3 Å². The van der Waals surface area contributed by atoms with Crippen LogP contribution in [0.4, 0.5) is 10.2 Å². The van der Waals surface area contributed by atoms with Gasteiger partial charge in [0.05, 0.1) is 5.02 Å². The molecule has 1 unspecified atom stereocenters. The lowest BCUT2D eigenvalue weighted by molar-refractivity contribution is 0.294. The van der Waals surface area contributed by atoms with Crippen molar-refractivity contribution < 1.29 is 4.39 Å². The fourth-order valence-electron chi connectivity index (χ4n) is 2.29. The molecule has 0 bridgehead atoms. The molecule has 1 fully saturated rings. The summed E-state index contributed by atoms with van der Waals surface area (Å²) in [4.78, 5) is 6.41. The van der Waals surface area contributed by atoms with E-state index in [-0.39, 0.29) is 5.82 Å². The minimum atomic E-state index is -0.393. The Kier molecular flexibility index (Phi) is 4.78. The van der Waals surface area contributed by atoms with Crippen molar-refractivity contribution in [1.82, 2.24) is 9.88 Å². The van der Waals surface area contributed by atoms with E-state index in [9.17, 15) is 4.39 Å². The summed E-state index contributed by atoms with van der Waals surface area (Å²) < 4.78 is 13.5. The molecule has 0 spiro atoms. The summed E-state index contributed by atoms with van der Waals surface area (Å²) >= 11 is 5.66. The first-order valence-corrected chi connectivity index (χ1v) is 6.80. The van der Waals surface area contributed by atoms with Gasteiger partial charge in [0.25, 0.3) is 0 Å². The van der Waals surface area contributed by atoms with E-state index >= 15 is 0 Å². The summed E-state index contributed by atoms with van der Waals surface area (Å²) in [7, 11) is 0. The SMILES string of the molecule is CC(CNc1ncc(Cl)cc1F)CN1CCCC1. The number of hydrogen-bond donors (Lipinski definition) is 1. The molecule has 1 aromatic rings. The van der Waals surface area contributed by atoms with Crippen LogP contribution in [0.5, 0.6) is 0 Å². The van der Waals surface area contributed by atoms with E-state index < -0.39 is 5.82 Å². The smallest absolute Gasteiger partial charge is 0.166 e. The van der Waals surface area contributed by atoms with E-state index in [0.29, 0.717) is 10.9 Å². The van der Waals surface area contributed by atoms with Crippen molar-refractivity contribution in [1.29, 1.82) is 0 Å². The van der Waals surface area contributed by atoms with Gasteiger partial charge in [-0.15, -0.1) is 0 Å². The third kappa shape index (κ3) is 3.82. The zero-order chi connectivity index (χ0) is 13.0. The second-order valence-electron chi connectivity index (χ2n) is 4.98. The summed E-state index contributed by atoms with van der Waals surface area (Å²) in [6.07, 6.45) is 4.05. The molecule has 1 aromatic heterocycles. The van der Waals surface area contributed by atoms with Crippen LogP contribution < -0.4 is 5.32 Å². The number of rotatable bonds is 5. The minimum absolute atomic E-state index is 0.285. The van der Waals surface area contributed by atoms with Crippen LogP contribution >= 0.6 is 11.6 Å². The summed E-state index contributed by atoms with van der Waals surface area (Å²) in [5, 5.41) is 3.36. The topological polar surface area (TPSA) is 28.2 Å². The van der Waals surface area contributed by atoms with Gasteiger partial charge in [-0.05, 0) is 37.9 Å². The third-order valence-corrected chi connectivity index (χ3v) is 3.40. The molecule has 1 aliphatic heterocycles. The molecular weight excluding hydrogens is 253 g/mol. The van der Waals surface area contributed by atoms with Crippen LogP contribution in [0, 0.1) is 11.7 Å². The van der Waals surface area contributed by atoms with E-state index in [1.807, 2.05) is 0 Å². The van der Waals surface area contributed by atoms with Crippen molar-refractivity contribution >= 4 is 17.4 Å². The highest BCUT2D eigenvalue weighted by Gasteiger charge is 2.15. The van der Waals surface area contributed by atoms with Gasteiger partial charge >= 0.3 is 0 Å². The Labute approximate surface area is 112 Å². The van der Waals surface area contributed by atoms with Crippen LogP contribution in [-0.4, -0.2) is 36.1 Å². The molecule has 0 radical (unpaired) electrons. The lowest BCUT2D eigenvalue weighted by atomic mass is 10.1. The summed E-state index contributed by atoms with van der Waals surface area (Å²) in [6, 6.07) is 1.28. The van der Waals surface area contributed by atoms with Crippen molar-refractivity contribution in [2.24, 2.45) is 5.92 Å². The van der Waals surface area contributed by atoms with Gasteiger partial charge in [-0.25, -0.2) is 9.37 Å². The second kappa shape index (κ2) is 6.34. The second-order valence-corrected chi connectivity index (χ2v) is 5.41. The molecule has 3 nitrogen and oxygen atoms in total. The molecule has 18 heavy (non-hydrogen) atoms. The van der Waals surface area contributed by atoms with E-state index in [1.165, 1.54) is 38.2 Å². The summed E-state index contributed by atoms with van der Waals surface area (Å²) in [5.41, 5.74) is 0. The minimum Gasteiger partial charge on any atom is -0.367 e. The van der Waals surface area contributed by atoms with Crippen LogP contribution in [-0.2, 0) is 0 Å². The summed E-state index contributed by atoms with van der Waals surface area (Å²) in [6.45, 7) is 6.33. The Balaban J connectivity index is 1.79. The van der Waals surface area contributed by atoms with Gasteiger partial charge < -0.3 is 10.2 Å². The number of nitrogens with zero attached hydrogens (tertiary/aromatic N) is 2. The average Bonchev–Trinajstić information content (AvgIpc) is 2.80. The van der Waals surface area contributed by atoms with Gasteiger partial charge in [-0.2, -0.15) is 0 Å². The Hall–Kier alpha value is -0.870. The molecule has 1 N–H and O–H groups in total. The molecule has 5 heteroatoms. The predicted molar refractivity (Wildman–Crippen MR) is 72.5 cm³/mol. The first-order chi connectivity index (χ1) is 8.65. The maximum atomic E-state index is 13.5. The molecule has 0 amide bonds. The van der Waals surface area contributed by atoms with E-state index in [4.69, 9.17) is 11.6 Å². The van der Waals surface area contributed by atoms with Crippen LogP contribution in [0.25, 0.3) is 0 Å². The quantitative estimate of drug-likeness (QED) is 0.892. The number of halogens is 2. The Morgan fingerprint density at radius 3 is 2.89 bits per heavy atom. The van der Waals surface area contributed by atoms with Crippen molar-refractivity contribution in [2.45, 2.75) is 19.8 Å². The van der Waals surface area contributed by atoms with Gasteiger partial charge in [0, 0.05) is 19.3 Å². The fourth-order valence-corrected chi connectivity index (χ4v) is 2.43. The normalized spacial score (nSPS) is 17.9. The van der Waals surface area contributed by atoms with E-state index in [2.05, 4.69) is 22.1 Å². The zero-order valence-corrected chi connectivity index (χ0v) is 11.4. The number of likely N-dealkylation sites (tertiary alicyclic amines) is 1. The van der Waals surface area contributed by atoms with Crippen molar-refractivity contribution in [3.8, 4) is 0 Å². The maximum absolute atomic E-state index is 13.5. The van der Waals surface area contributed by atoms with Gasteiger partial charge in [-0.3, -0.25) is 0 Å². The highest BCUT2D eigenvalue weighted by molar-refractivity contribution is 6.30. The molecule has 0 aliphatic carbocycles. The van der Waals surface area contributed by atoms with Gasteiger partial charge in [0.15, 0.2) is 11.6 Å². The maximum Gasteiger partial charge on any atom is 0.166 e. The first-order valence-electron chi connectivity index (χ1n) is 6.42. The van der Waals surface area contributed by atoms with Crippen LogP contribution in [0.2, 0.25) is 5.02 Å². The van der Waals surface area contributed by atoms with Crippen molar-refractivity contribution in [2.75, 3.05) is 31.5 Å². The fraction of sp³-hybridized carbons (Fsp3) is 0.615. The van der Waals surface area contributed by atoms with Crippen molar-refractivity contribution in [3.05, 3.63) is 23.1 Å². The highest BCUT2D eigenvalue weighted by Crippen LogP contribution is 2.16. The largest absolute Gasteiger partial charge is 0.367 e. The molecule has 0 aromatic carbocycles.